The first-order valence-corrected chi connectivity index (χ1v) is 7.67. The van der Waals surface area contributed by atoms with E-state index in [4.69, 9.17) is 4.74 Å². The molecular formula is C19H19N3O. The average Bonchev–Trinajstić information content (AvgIpc) is 3.03. The van der Waals surface area contributed by atoms with Crippen molar-refractivity contribution >= 4 is 22.5 Å². The highest BCUT2D eigenvalue weighted by Crippen LogP contribution is 2.18. The highest BCUT2D eigenvalue weighted by Gasteiger charge is 2.08. The highest BCUT2D eigenvalue weighted by molar-refractivity contribution is 5.77. The van der Waals surface area contributed by atoms with Crippen LogP contribution in [0.5, 0.6) is 0 Å². The van der Waals surface area contributed by atoms with Gasteiger partial charge in [0, 0.05) is 6.08 Å². The van der Waals surface area contributed by atoms with Crippen molar-refractivity contribution in [1.29, 1.82) is 0 Å². The number of benzene rings is 2. The maximum absolute atomic E-state index is 5.76. The molecule has 116 valence electrons. The highest BCUT2D eigenvalue weighted by atomic mass is 16.5. The van der Waals surface area contributed by atoms with E-state index in [0.29, 0.717) is 12.5 Å². The Balaban J connectivity index is 1.98. The van der Waals surface area contributed by atoms with E-state index in [9.17, 15) is 0 Å². The third-order valence-electron chi connectivity index (χ3n) is 3.56. The molecule has 0 fully saturated rings. The van der Waals surface area contributed by atoms with Crippen molar-refractivity contribution in [3.63, 3.8) is 0 Å². The topological polar surface area (TPSA) is 39.9 Å². The van der Waals surface area contributed by atoms with Crippen LogP contribution in [0.4, 0.5) is 0 Å². The summed E-state index contributed by atoms with van der Waals surface area (Å²) in [5.74, 6) is 0.663. The number of hydrogen-bond donors (Lipinski definition) is 0. The van der Waals surface area contributed by atoms with Gasteiger partial charge < -0.3 is 4.74 Å². The molecule has 3 rings (SSSR count). The number of nitrogens with zero attached hydrogens (tertiary/aromatic N) is 3. The summed E-state index contributed by atoms with van der Waals surface area (Å²) < 4.78 is 7.49. The second-order valence-corrected chi connectivity index (χ2v) is 5.14. The third-order valence-corrected chi connectivity index (χ3v) is 3.56. The van der Waals surface area contributed by atoms with Crippen molar-refractivity contribution in [3.05, 3.63) is 72.3 Å². The van der Waals surface area contributed by atoms with Crippen molar-refractivity contribution in [2.24, 2.45) is 0 Å². The fourth-order valence-corrected chi connectivity index (χ4v) is 2.35. The van der Waals surface area contributed by atoms with E-state index in [1.54, 1.807) is 4.68 Å². The molecule has 1 aromatic heterocycles. The van der Waals surface area contributed by atoms with Gasteiger partial charge in [0.05, 0.1) is 12.1 Å². The molecule has 3 aromatic rings. The van der Waals surface area contributed by atoms with Gasteiger partial charge in [-0.05, 0) is 37.1 Å². The predicted octanol–water partition coefficient (Wildman–Crippen LogP) is 4.37. The lowest BCUT2D eigenvalue weighted by Gasteiger charge is -2.08. The van der Waals surface area contributed by atoms with Crippen molar-refractivity contribution in [1.82, 2.24) is 15.0 Å². The van der Waals surface area contributed by atoms with Crippen LogP contribution >= 0.6 is 0 Å². The summed E-state index contributed by atoms with van der Waals surface area (Å²) in [6.07, 6.45) is 3.98. The minimum absolute atomic E-state index is 0.568. The fraction of sp³-hybridized carbons (Fsp3) is 0.158. The normalized spacial score (nSPS) is 12.6. The van der Waals surface area contributed by atoms with Crippen molar-refractivity contribution < 1.29 is 4.74 Å². The third kappa shape index (κ3) is 3.31. The van der Waals surface area contributed by atoms with Crippen LogP contribution in [0.25, 0.3) is 22.5 Å². The summed E-state index contributed by atoms with van der Waals surface area (Å²) in [6, 6.07) is 18.1. The van der Waals surface area contributed by atoms with Crippen LogP contribution in [0.1, 0.15) is 19.4 Å². The molecule has 0 atom stereocenters. The molecule has 0 radical (unpaired) electrons. The zero-order chi connectivity index (χ0) is 16.1. The van der Waals surface area contributed by atoms with E-state index in [0.717, 1.165) is 16.6 Å². The van der Waals surface area contributed by atoms with Crippen LogP contribution in [0.3, 0.4) is 0 Å². The zero-order valence-corrected chi connectivity index (χ0v) is 13.3. The van der Waals surface area contributed by atoms with Gasteiger partial charge >= 0.3 is 0 Å². The summed E-state index contributed by atoms with van der Waals surface area (Å²) in [4.78, 5) is 0. The van der Waals surface area contributed by atoms with E-state index in [2.05, 4.69) is 29.4 Å². The Morgan fingerprint density at radius 3 is 2.57 bits per heavy atom. The number of fused-ring (bicyclic) bond motifs is 1. The maximum atomic E-state index is 5.76. The van der Waals surface area contributed by atoms with Gasteiger partial charge in [-0.25, -0.2) is 0 Å². The number of para-hydroxylation sites is 1. The summed E-state index contributed by atoms with van der Waals surface area (Å²) >= 11 is 0. The molecule has 0 aliphatic carbocycles. The van der Waals surface area contributed by atoms with Crippen LogP contribution < -0.4 is 0 Å². The molecule has 0 N–H and O–H groups in total. The molecule has 0 aliphatic heterocycles. The number of aromatic nitrogens is 3. The van der Waals surface area contributed by atoms with Gasteiger partial charge in [0.15, 0.2) is 0 Å². The zero-order valence-electron chi connectivity index (χ0n) is 13.3. The number of allylic oxidation sites excluding steroid dienone is 3. The SMILES string of the molecule is CCO/C(=C\C=C(\C)c1ccccc1)n1nnc2ccccc21. The van der Waals surface area contributed by atoms with E-state index in [1.807, 2.05) is 61.5 Å². The van der Waals surface area contributed by atoms with Crippen LogP contribution in [0, 0.1) is 0 Å². The molecule has 4 heteroatoms. The minimum atomic E-state index is 0.568. The molecule has 1 heterocycles. The minimum Gasteiger partial charge on any atom is -0.478 e. The Kier molecular flexibility index (Phi) is 4.52. The average molecular weight is 305 g/mol. The summed E-state index contributed by atoms with van der Waals surface area (Å²) in [6.45, 7) is 4.60. The Labute approximate surface area is 135 Å². The lowest BCUT2D eigenvalue weighted by atomic mass is 10.1. The Morgan fingerprint density at radius 2 is 1.78 bits per heavy atom. The van der Waals surface area contributed by atoms with E-state index in [-0.39, 0.29) is 0 Å². The first kappa shape index (κ1) is 15.0. The van der Waals surface area contributed by atoms with Crippen molar-refractivity contribution in [3.8, 4) is 0 Å². The molecule has 23 heavy (non-hydrogen) atoms. The Bertz CT molecular complexity index is 847. The van der Waals surface area contributed by atoms with Crippen LogP contribution in [-0.4, -0.2) is 21.6 Å². The molecule has 0 unspecified atom stereocenters. The van der Waals surface area contributed by atoms with Gasteiger partial charge in [0.25, 0.3) is 0 Å². The quantitative estimate of drug-likeness (QED) is 0.519. The molecule has 0 spiro atoms. The summed E-state index contributed by atoms with van der Waals surface area (Å²) in [5, 5.41) is 8.39. The van der Waals surface area contributed by atoms with Gasteiger partial charge in [-0.2, -0.15) is 4.68 Å². The lowest BCUT2D eigenvalue weighted by molar-refractivity contribution is 0.273. The van der Waals surface area contributed by atoms with Gasteiger partial charge in [0.2, 0.25) is 5.88 Å². The molecule has 2 aromatic carbocycles. The van der Waals surface area contributed by atoms with Crippen LogP contribution in [-0.2, 0) is 4.74 Å². The largest absolute Gasteiger partial charge is 0.478 e. The summed E-state index contributed by atoms with van der Waals surface area (Å²) in [7, 11) is 0. The summed E-state index contributed by atoms with van der Waals surface area (Å²) in [5.41, 5.74) is 4.12. The van der Waals surface area contributed by atoms with Crippen molar-refractivity contribution in [2.75, 3.05) is 6.61 Å². The lowest BCUT2D eigenvalue weighted by Crippen LogP contribution is -2.03. The van der Waals surface area contributed by atoms with Gasteiger partial charge in [0.1, 0.15) is 5.52 Å². The standard InChI is InChI=1S/C19H19N3O/c1-3-23-19(14-13-15(2)16-9-5-4-6-10-16)22-18-12-8-7-11-17(18)20-21-22/h4-14H,3H2,1-2H3/b15-13-,19-14-. The van der Waals surface area contributed by atoms with Gasteiger partial charge in [-0.3, -0.25) is 0 Å². The molecule has 0 saturated carbocycles. The molecule has 4 nitrogen and oxygen atoms in total. The first-order valence-electron chi connectivity index (χ1n) is 7.67. The molecule has 0 bridgehead atoms. The Hall–Kier alpha value is -2.88. The number of ether oxygens (including phenoxy) is 1. The predicted molar refractivity (Wildman–Crippen MR) is 93.5 cm³/mol. The molecule has 0 aliphatic rings. The van der Waals surface area contributed by atoms with E-state index in [1.165, 1.54) is 5.56 Å². The van der Waals surface area contributed by atoms with Crippen LogP contribution in [0.2, 0.25) is 0 Å². The fourth-order valence-electron chi connectivity index (χ4n) is 2.35. The first-order chi connectivity index (χ1) is 11.3. The Morgan fingerprint density at radius 1 is 1.04 bits per heavy atom. The maximum Gasteiger partial charge on any atom is 0.216 e. The second-order valence-electron chi connectivity index (χ2n) is 5.14. The van der Waals surface area contributed by atoms with Gasteiger partial charge in [-0.15, -0.1) is 5.10 Å². The molecule has 0 saturated heterocycles. The molecular weight excluding hydrogens is 286 g/mol. The second kappa shape index (κ2) is 6.92. The van der Waals surface area contributed by atoms with Crippen molar-refractivity contribution in [2.45, 2.75) is 13.8 Å². The number of hydrogen-bond acceptors (Lipinski definition) is 3. The van der Waals surface area contributed by atoms with Gasteiger partial charge in [-0.1, -0.05) is 53.8 Å². The van der Waals surface area contributed by atoms with E-state index >= 15 is 0 Å². The van der Waals surface area contributed by atoms with E-state index < -0.39 is 0 Å². The molecule has 0 amide bonds. The number of rotatable bonds is 5. The van der Waals surface area contributed by atoms with Crippen LogP contribution in [0.15, 0.2) is 66.7 Å². The monoisotopic (exact) mass is 305 g/mol. The smallest absolute Gasteiger partial charge is 0.216 e.